The summed E-state index contributed by atoms with van der Waals surface area (Å²) in [6.07, 6.45) is 0.331. The molecule has 0 saturated carbocycles. The number of halogens is 3. The highest BCUT2D eigenvalue weighted by Crippen LogP contribution is 2.19. The van der Waals surface area contributed by atoms with Crippen molar-refractivity contribution < 1.29 is 22.0 Å². The van der Waals surface area contributed by atoms with Crippen molar-refractivity contribution in [2.45, 2.75) is 23.6 Å². The fraction of sp³-hybridized carbons (Fsp3) is 0.350. The van der Waals surface area contributed by atoms with Crippen LogP contribution >= 0.6 is 11.6 Å². The van der Waals surface area contributed by atoms with E-state index in [1.54, 1.807) is 24.3 Å². The maximum absolute atomic E-state index is 12.6. The average Bonchev–Trinajstić information content (AvgIpc) is 2.70. The molecule has 3 rings (SSSR count). The van der Waals surface area contributed by atoms with Crippen LogP contribution in [-0.4, -0.2) is 56.1 Å². The van der Waals surface area contributed by atoms with E-state index in [0.29, 0.717) is 44.2 Å². The van der Waals surface area contributed by atoms with Crippen LogP contribution < -0.4 is 0 Å². The molecule has 2 aromatic carbocycles. The summed E-state index contributed by atoms with van der Waals surface area (Å²) in [4.78, 5) is 16.0. The zero-order chi connectivity index (χ0) is 21.0. The Labute approximate surface area is 173 Å². The van der Waals surface area contributed by atoms with Crippen molar-refractivity contribution in [3.63, 3.8) is 0 Å². The Morgan fingerprint density at radius 2 is 1.48 bits per heavy atom. The number of hydrogen-bond acceptors (Lipinski definition) is 4. The molecule has 0 unspecified atom stereocenters. The van der Waals surface area contributed by atoms with Crippen molar-refractivity contribution in [2.24, 2.45) is 0 Å². The fourth-order valence-corrected chi connectivity index (χ4v) is 4.04. The molecule has 156 valence electrons. The molecule has 0 atom stereocenters. The summed E-state index contributed by atoms with van der Waals surface area (Å²) in [6.45, 7) is 3.13. The van der Waals surface area contributed by atoms with E-state index in [1.165, 1.54) is 12.1 Å². The Hall–Kier alpha value is -2.03. The van der Waals surface area contributed by atoms with Gasteiger partial charge in [-0.25, -0.2) is 8.42 Å². The Morgan fingerprint density at radius 1 is 0.931 bits per heavy atom. The average molecular weight is 443 g/mol. The molecule has 9 heteroatoms. The summed E-state index contributed by atoms with van der Waals surface area (Å²) < 4.78 is 48.1. The second-order valence-corrected chi connectivity index (χ2v) is 9.26. The van der Waals surface area contributed by atoms with E-state index in [-0.39, 0.29) is 10.8 Å². The SMILES string of the molecule is O=C(Cc1ccc(Cl)cc1)N1CCN(Cc2ccc(S(=O)(=O)C(F)F)cc2)CC1. The van der Waals surface area contributed by atoms with Crippen LogP contribution in [0.15, 0.2) is 53.4 Å². The van der Waals surface area contributed by atoms with E-state index in [0.717, 1.165) is 11.1 Å². The van der Waals surface area contributed by atoms with Gasteiger partial charge in [-0.3, -0.25) is 9.69 Å². The normalized spacial score (nSPS) is 15.7. The van der Waals surface area contributed by atoms with E-state index in [4.69, 9.17) is 11.6 Å². The zero-order valence-electron chi connectivity index (χ0n) is 15.6. The summed E-state index contributed by atoms with van der Waals surface area (Å²) in [5.41, 5.74) is 1.75. The smallest absolute Gasteiger partial charge is 0.340 e. The highest BCUT2D eigenvalue weighted by atomic mass is 35.5. The van der Waals surface area contributed by atoms with Gasteiger partial charge in [0.05, 0.1) is 11.3 Å². The molecular weight excluding hydrogens is 422 g/mol. The fourth-order valence-electron chi connectivity index (χ4n) is 3.19. The maximum atomic E-state index is 12.6. The molecule has 0 radical (unpaired) electrons. The second-order valence-electron chi connectivity index (χ2n) is 6.91. The van der Waals surface area contributed by atoms with Crippen LogP contribution in [0.1, 0.15) is 11.1 Å². The van der Waals surface area contributed by atoms with Crippen molar-refractivity contribution in [3.8, 4) is 0 Å². The predicted octanol–water partition coefficient (Wildman–Crippen LogP) is 3.22. The van der Waals surface area contributed by atoms with Crippen LogP contribution in [0.5, 0.6) is 0 Å². The minimum Gasteiger partial charge on any atom is -0.340 e. The minimum absolute atomic E-state index is 0.0635. The number of rotatable bonds is 6. The monoisotopic (exact) mass is 442 g/mol. The first kappa shape index (κ1) is 21.7. The van der Waals surface area contributed by atoms with Gasteiger partial charge in [-0.1, -0.05) is 35.9 Å². The molecule has 0 spiro atoms. The third-order valence-corrected chi connectivity index (χ3v) is 6.54. The largest absolute Gasteiger partial charge is 0.341 e. The number of sulfone groups is 1. The Kier molecular flexibility index (Phi) is 6.87. The highest BCUT2D eigenvalue weighted by Gasteiger charge is 2.26. The topological polar surface area (TPSA) is 57.7 Å². The summed E-state index contributed by atoms with van der Waals surface area (Å²) >= 11 is 5.86. The van der Waals surface area contributed by atoms with E-state index in [9.17, 15) is 22.0 Å². The molecule has 1 fully saturated rings. The molecule has 2 aromatic rings. The van der Waals surface area contributed by atoms with Crippen molar-refractivity contribution >= 4 is 27.3 Å². The molecule has 0 aromatic heterocycles. The van der Waals surface area contributed by atoms with Gasteiger partial charge in [0.15, 0.2) is 0 Å². The summed E-state index contributed by atoms with van der Waals surface area (Å²) in [5, 5.41) is 0.634. The van der Waals surface area contributed by atoms with Gasteiger partial charge in [-0.2, -0.15) is 8.78 Å². The van der Waals surface area contributed by atoms with Crippen molar-refractivity contribution in [1.82, 2.24) is 9.80 Å². The molecular formula is C20H21ClF2N2O3S. The molecule has 0 bridgehead atoms. The van der Waals surface area contributed by atoms with Crippen LogP contribution in [0.3, 0.4) is 0 Å². The third kappa shape index (κ3) is 5.52. The van der Waals surface area contributed by atoms with Gasteiger partial charge in [0.2, 0.25) is 15.7 Å². The number of amides is 1. The first-order chi connectivity index (χ1) is 13.8. The van der Waals surface area contributed by atoms with Crippen LogP contribution in [0.2, 0.25) is 5.02 Å². The van der Waals surface area contributed by atoms with Crippen molar-refractivity contribution in [1.29, 1.82) is 0 Å². The van der Waals surface area contributed by atoms with Gasteiger partial charge in [0, 0.05) is 37.7 Å². The molecule has 0 aliphatic carbocycles. The van der Waals surface area contributed by atoms with Crippen molar-refractivity contribution in [3.05, 3.63) is 64.7 Å². The standard InChI is InChI=1S/C20H21ClF2N2O3S/c21-17-5-1-15(2-6-17)13-19(26)25-11-9-24(10-12-25)14-16-3-7-18(8-4-16)29(27,28)20(22)23/h1-8,20H,9-14H2. The molecule has 1 amide bonds. The number of alkyl halides is 2. The van der Waals surface area contributed by atoms with Crippen LogP contribution in [0.25, 0.3) is 0 Å². The van der Waals surface area contributed by atoms with Crippen molar-refractivity contribution in [2.75, 3.05) is 26.2 Å². The first-order valence-corrected chi connectivity index (χ1v) is 11.0. The minimum atomic E-state index is -4.57. The lowest BCUT2D eigenvalue weighted by molar-refractivity contribution is -0.132. The lowest BCUT2D eigenvalue weighted by atomic mass is 10.1. The molecule has 1 heterocycles. The second kappa shape index (κ2) is 9.19. The Morgan fingerprint density at radius 3 is 2.03 bits per heavy atom. The van der Waals surface area contributed by atoms with Gasteiger partial charge in [0.1, 0.15) is 0 Å². The Bertz CT molecular complexity index is 943. The molecule has 1 saturated heterocycles. The van der Waals surface area contributed by atoms with E-state index >= 15 is 0 Å². The number of carbonyl (C=O) groups is 1. The van der Waals surface area contributed by atoms with E-state index in [1.807, 2.05) is 17.0 Å². The maximum Gasteiger partial charge on any atom is 0.341 e. The van der Waals surface area contributed by atoms with Gasteiger partial charge >= 0.3 is 5.76 Å². The first-order valence-electron chi connectivity index (χ1n) is 9.11. The quantitative estimate of drug-likeness (QED) is 0.689. The van der Waals surface area contributed by atoms with Crippen LogP contribution in [0.4, 0.5) is 8.78 Å². The van der Waals surface area contributed by atoms with Crippen LogP contribution in [0, 0.1) is 0 Å². The number of carbonyl (C=O) groups excluding carboxylic acids is 1. The molecule has 0 N–H and O–H groups in total. The summed E-state index contributed by atoms with van der Waals surface area (Å²) in [5.74, 6) is -3.36. The number of piperazine rings is 1. The van der Waals surface area contributed by atoms with E-state index in [2.05, 4.69) is 4.90 Å². The molecule has 1 aliphatic rings. The predicted molar refractivity (Wildman–Crippen MR) is 107 cm³/mol. The van der Waals surface area contributed by atoms with Gasteiger partial charge < -0.3 is 4.90 Å². The molecule has 5 nitrogen and oxygen atoms in total. The van der Waals surface area contributed by atoms with E-state index < -0.39 is 15.6 Å². The lowest BCUT2D eigenvalue weighted by Crippen LogP contribution is -2.48. The summed E-state index contributed by atoms with van der Waals surface area (Å²) in [7, 11) is -4.57. The van der Waals surface area contributed by atoms with Gasteiger partial charge in [-0.05, 0) is 35.4 Å². The number of hydrogen-bond donors (Lipinski definition) is 0. The lowest BCUT2D eigenvalue weighted by Gasteiger charge is -2.35. The summed E-state index contributed by atoms with van der Waals surface area (Å²) in [6, 6.07) is 12.7. The van der Waals surface area contributed by atoms with Crippen LogP contribution in [-0.2, 0) is 27.6 Å². The van der Waals surface area contributed by atoms with Gasteiger partial charge in [-0.15, -0.1) is 0 Å². The molecule has 1 aliphatic heterocycles. The highest BCUT2D eigenvalue weighted by molar-refractivity contribution is 7.91. The number of nitrogens with zero attached hydrogens (tertiary/aromatic N) is 2. The molecule has 29 heavy (non-hydrogen) atoms. The Balaban J connectivity index is 1.50. The third-order valence-electron chi connectivity index (χ3n) is 4.89. The van der Waals surface area contributed by atoms with Gasteiger partial charge in [0.25, 0.3) is 0 Å². The zero-order valence-corrected chi connectivity index (χ0v) is 17.2. The number of benzene rings is 2.